The second-order valence-electron chi connectivity index (χ2n) is 8.23. The van der Waals surface area contributed by atoms with Gasteiger partial charge >= 0.3 is 6.03 Å². The van der Waals surface area contributed by atoms with Crippen molar-refractivity contribution in [2.24, 2.45) is 0 Å². The van der Waals surface area contributed by atoms with Crippen molar-refractivity contribution in [2.75, 3.05) is 36.4 Å². The molecule has 0 saturated heterocycles. The van der Waals surface area contributed by atoms with Crippen LogP contribution in [0.25, 0.3) is 0 Å². The highest BCUT2D eigenvalue weighted by Gasteiger charge is 2.35. The van der Waals surface area contributed by atoms with E-state index in [4.69, 9.17) is 32.7 Å². The Kier molecular flexibility index (Phi) is 7.23. The molecule has 12 heteroatoms. The van der Waals surface area contributed by atoms with Gasteiger partial charge in [-0.05, 0) is 25.3 Å². The number of nitrogens with zero attached hydrogens (tertiary/aromatic N) is 4. The quantitative estimate of drug-likeness (QED) is 0.530. The Hall–Kier alpha value is -3.24. The molecule has 2 unspecified atom stereocenters. The number of carbonyl (C=O) groups is 2. The monoisotopic (exact) mass is 520 g/mol. The summed E-state index contributed by atoms with van der Waals surface area (Å²) in [6.45, 7) is 3.65. The first kappa shape index (κ1) is 24.9. The molecule has 0 bridgehead atoms. The van der Waals surface area contributed by atoms with Crippen LogP contribution in [0.1, 0.15) is 24.8 Å². The molecule has 1 saturated carbocycles. The number of hydrogen-bond donors (Lipinski definition) is 2. The van der Waals surface area contributed by atoms with Gasteiger partial charge in [-0.3, -0.25) is 14.6 Å². The predicted molar refractivity (Wildman–Crippen MR) is 135 cm³/mol. The van der Waals surface area contributed by atoms with E-state index in [-0.39, 0.29) is 46.3 Å². The van der Waals surface area contributed by atoms with Crippen LogP contribution in [-0.4, -0.2) is 55.3 Å². The lowest BCUT2D eigenvalue weighted by molar-refractivity contribution is -0.117. The van der Waals surface area contributed by atoms with Gasteiger partial charge in [0.05, 0.1) is 26.5 Å². The van der Waals surface area contributed by atoms with Gasteiger partial charge in [-0.1, -0.05) is 29.8 Å². The van der Waals surface area contributed by atoms with Crippen molar-refractivity contribution in [3.63, 3.8) is 0 Å². The van der Waals surface area contributed by atoms with E-state index >= 15 is 0 Å². The summed E-state index contributed by atoms with van der Waals surface area (Å²) in [4.78, 5) is 37.0. The molecule has 35 heavy (non-hydrogen) atoms. The van der Waals surface area contributed by atoms with Gasteiger partial charge in [-0.15, -0.1) is 0 Å². The van der Waals surface area contributed by atoms with E-state index in [0.29, 0.717) is 28.8 Å². The molecule has 0 spiro atoms. The number of rotatable bonds is 7. The van der Waals surface area contributed by atoms with Crippen molar-refractivity contribution in [2.45, 2.75) is 37.9 Å². The van der Waals surface area contributed by atoms with E-state index in [2.05, 4.69) is 27.2 Å². The zero-order valence-corrected chi connectivity index (χ0v) is 21.1. The van der Waals surface area contributed by atoms with Gasteiger partial charge in [0.15, 0.2) is 0 Å². The predicted octanol–water partition coefficient (Wildman–Crippen LogP) is 4.01. The molecule has 2 aliphatic rings. The average Bonchev–Trinajstić information content (AvgIpc) is 3.28. The lowest BCUT2D eigenvalue weighted by Crippen LogP contribution is -2.46. The first-order valence-corrected chi connectivity index (χ1v) is 11.7. The molecule has 2 atom stereocenters. The van der Waals surface area contributed by atoms with Crippen LogP contribution < -0.4 is 29.9 Å². The van der Waals surface area contributed by atoms with Crippen molar-refractivity contribution in [1.82, 2.24) is 15.3 Å². The number of urea groups is 1. The summed E-state index contributed by atoms with van der Waals surface area (Å²) in [6.07, 6.45) is 5.59. The topological polar surface area (TPSA) is 109 Å². The van der Waals surface area contributed by atoms with E-state index < -0.39 is 0 Å². The Morgan fingerprint density at radius 2 is 1.86 bits per heavy atom. The fraction of sp³-hybridized carbons (Fsp3) is 0.391. The number of carbonyl (C=O) groups excluding carboxylic acids is 2. The van der Waals surface area contributed by atoms with Crippen molar-refractivity contribution in [1.29, 1.82) is 0 Å². The van der Waals surface area contributed by atoms with E-state index in [1.165, 1.54) is 30.1 Å². The maximum atomic E-state index is 13.4. The van der Waals surface area contributed by atoms with E-state index in [9.17, 15) is 9.59 Å². The largest absolute Gasteiger partial charge is 0.495 e. The van der Waals surface area contributed by atoms with E-state index in [1.807, 2.05) is 0 Å². The van der Waals surface area contributed by atoms with Gasteiger partial charge in [0, 0.05) is 37.0 Å². The van der Waals surface area contributed by atoms with Crippen LogP contribution in [0.2, 0.25) is 10.0 Å². The van der Waals surface area contributed by atoms with Crippen LogP contribution in [-0.2, 0) is 11.3 Å². The fourth-order valence-electron chi connectivity index (χ4n) is 4.38. The third-order valence-electron chi connectivity index (χ3n) is 6.17. The number of nitrogens with one attached hydrogen (secondary N) is 2. The number of benzene rings is 1. The summed E-state index contributed by atoms with van der Waals surface area (Å²) in [7, 11) is 4.56. The van der Waals surface area contributed by atoms with Gasteiger partial charge in [-0.2, -0.15) is 4.98 Å². The molecule has 2 aromatic rings. The minimum atomic E-state index is -0.377. The average molecular weight is 521 g/mol. The molecule has 0 radical (unpaired) electrons. The normalized spacial score (nSPS) is 19.3. The van der Waals surface area contributed by atoms with Crippen molar-refractivity contribution >= 4 is 52.6 Å². The zero-order chi connectivity index (χ0) is 25.3. The number of halogens is 2. The van der Waals surface area contributed by atoms with Gasteiger partial charge in [0.25, 0.3) is 0 Å². The summed E-state index contributed by atoms with van der Waals surface area (Å²) in [5.41, 5.74) is 0.982. The van der Waals surface area contributed by atoms with Gasteiger partial charge in [0.1, 0.15) is 27.4 Å². The number of amides is 3. The molecule has 4 rings (SSSR count). The Balaban J connectivity index is 1.62. The molecule has 1 aromatic heterocycles. The second kappa shape index (κ2) is 10.2. The van der Waals surface area contributed by atoms with Crippen LogP contribution in [0.15, 0.2) is 24.9 Å². The molecule has 1 aliphatic heterocycles. The highest BCUT2D eigenvalue weighted by Crippen LogP contribution is 2.47. The number of methoxy groups -OCH3 is 2. The lowest BCUT2D eigenvalue weighted by Gasteiger charge is -2.35. The third-order valence-corrected chi connectivity index (χ3v) is 6.90. The summed E-state index contributed by atoms with van der Waals surface area (Å²) in [6, 6.07) is 1.11. The van der Waals surface area contributed by atoms with Gasteiger partial charge < -0.3 is 20.1 Å². The number of hydrogen-bond acceptors (Lipinski definition) is 7. The molecule has 2 heterocycles. The third kappa shape index (κ3) is 4.68. The second-order valence-corrected chi connectivity index (χ2v) is 8.98. The number of aromatic nitrogens is 2. The van der Waals surface area contributed by atoms with Crippen molar-refractivity contribution < 1.29 is 19.1 Å². The Labute approximate surface area is 213 Å². The zero-order valence-electron chi connectivity index (χ0n) is 19.6. The first-order chi connectivity index (χ1) is 16.8. The summed E-state index contributed by atoms with van der Waals surface area (Å²) in [5.74, 6) is 1.28. The highest BCUT2D eigenvalue weighted by molar-refractivity contribution is 6.42. The van der Waals surface area contributed by atoms with E-state index in [0.717, 1.165) is 19.3 Å². The maximum absolute atomic E-state index is 13.4. The van der Waals surface area contributed by atoms with Crippen LogP contribution in [0.3, 0.4) is 0 Å². The van der Waals surface area contributed by atoms with Crippen molar-refractivity contribution in [3.05, 3.63) is 40.5 Å². The molecule has 1 aliphatic carbocycles. The summed E-state index contributed by atoms with van der Waals surface area (Å²) in [5, 5.41) is 6.62. The molecule has 186 valence electrons. The maximum Gasteiger partial charge on any atom is 0.330 e. The van der Waals surface area contributed by atoms with Crippen LogP contribution >= 0.6 is 23.2 Å². The Bertz CT molecular complexity index is 1150. The molecule has 3 amide bonds. The van der Waals surface area contributed by atoms with E-state index in [1.54, 1.807) is 19.3 Å². The minimum absolute atomic E-state index is 0.0279. The summed E-state index contributed by atoms with van der Waals surface area (Å²) >= 11 is 13.1. The van der Waals surface area contributed by atoms with Crippen LogP contribution in [0.4, 0.5) is 22.2 Å². The Morgan fingerprint density at radius 1 is 1.20 bits per heavy atom. The van der Waals surface area contributed by atoms with Gasteiger partial charge in [0.2, 0.25) is 11.9 Å². The minimum Gasteiger partial charge on any atom is -0.495 e. The first-order valence-electron chi connectivity index (χ1n) is 11.0. The molecule has 1 fully saturated rings. The molecule has 2 N–H and O–H groups in total. The molecule has 10 nitrogen and oxygen atoms in total. The fourth-order valence-corrected chi connectivity index (χ4v) is 5.08. The molecular formula is C23H26Cl2N6O4. The number of ether oxygens (including phenoxy) is 2. The number of anilines is 3. The highest BCUT2D eigenvalue weighted by atomic mass is 35.5. The van der Waals surface area contributed by atoms with Crippen molar-refractivity contribution in [3.8, 4) is 11.5 Å². The molecule has 1 aromatic carbocycles. The standard InChI is InChI=1S/C23H26Cl2N6O4/c1-5-17(32)27-13-7-6-8-14(13)28-22-26-10-12-11-31(23(33)30(2)21(12)29-22)20-18(24)15(34-3)9-16(35-4)19(20)25/h5,9-10,13-14H,1,6-8,11H2,2-4H3,(H,27,32)(H,26,28,29). The van der Waals surface area contributed by atoms with Crippen LogP contribution in [0.5, 0.6) is 11.5 Å². The SMILES string of the molecule is C=CC(=O)NC1CCCC1Nc1ncc2c(n1)N(C)C(=O)N(c1c(Cl)c(OC)cc(OC)c1Cl)C2. The lowest BCUT2D eigenvalue weighted by atomic mass is 10.1. The van der Waals surface area contributed by atoms with Gasteiger partial charge in [-0.25, -0.2) is 9.78 Å². The van der Waals surface area contributed by atoms with Crippen LogP contribution in [0, 0.1) is 0 Å². The summed E-state index contributed by atoms with van der Waals surface area (Å²) < 4.78 is 10.7. The molecular weight excluding hydrogens is 495 g/mol. The number of fused-ring (bicyclic) bond motifs is 1. The Morgan fingerprint density at radius 3 is 2.49 bits per heavy atom. The smallest absolute Gasteiger partial charge is 0.330 e.